The molecule has 0 aliphatic rings. The van der Waals surface area contributed by atoms with E-state index in [0.29, 0.717) is 22.6 Å². The largest absolute Gasteiger partial charge is 0.349 e. The van der Waals surface area contributed by atoms with Crippen LogP contribution < -0.4 is 5.32 Å². The van der Waals surface area contributed by atoms with E-state index < -0.39 is 0 Å². The van der Waals surface area contributed by atoms with Crippen LogP contribution in [0, 0.1) is 17.7 Å². The smallest absolute Gasteiger partial charge is 0.173 e. The molecule has 2 nitrogen and oxygen atoms in total. The van der Waals surface area contributed by atoms with Gasteiger partial charge in [-0.25, -0.2) is 4.39 Å². The summed E-state index contributed by atoms with van der Waals surface area (Å²) in [7, 11) is 0. The van der Waals surface area contributed by atoms with E-state index in [2.05, 4.69) is 37.9 Å². The maximum absolute atomic E-state index is 13.1. The van der Waals surface area contributed by atoms with Crippen LogP contribution in [0.1, 0.15) is 27.7 Å². The molecular formula is C15H23FN2S. The highest BCUT2D eigenvalue weighted by Gasteiger charge is 2.13. The second-order valence-electron chi connectivity index (χ2n) is 5.63. The third-order valence-corrected chi connectivity index (χ3v) is 2.89. The number of hydrogen-bond donors (Lipinski definition) is 1. The lowest BCUT2D eigenvalue weighted by Gasteiger charge is -2.29. The van der Waals surface area contributed by atoms with E-state index in [1.54, 1.807) is 6.07 Å². The molecule has 0 atom stereocenters. The van der Waals surface area contributed by atoms with E-state index in [1.165, 1.54) is 12.1 Å². The van der Waals surface area contributed by atoms with E-state index >= 15 is 0 Å². The summed E-state index contributed by atoms with van der Waals surface area (Å²) in [6, 6.07) is 6.37. The first-order valence-corrected chi connectivity index (χ1v) is 7.10. The highest BCUT2D eigenvalue weighted by molar-refractivity contribution is 7.80. The summed E-state index contributed by atoms with van der Waals surface area (Å²) in [5.74, 6) is 0.809. The minimum Gasteiger partial charge on any atom is -0.349 e. The van der Waals surface area contributed by atoms with Crippen LogP contribution in [0.5, 0.6) is 0 Å². The molecule has 0 aromatic heterocycles. The first kappa shape index (κ1) is 15.9. The van der Waals surface area contributed by atoms with E-state index in [9.17, 15) is 4.39 Å². The molecule has 1 N–H and O–H groups in total. The number of nitrogens with zero attached hydrogens (tertiary/aromatic N) is 1. The number of hydrogen-bond acceptors (Lipinski definition) is 1. The Morgan fingerprint density at radius 3 is 2.26 bits per heavy atom. The van der Waals surface area contributed by atoms with Crippen molar-refractivity contribution in [3.8, 4) is 0 Å². The third kappa shape index (κ3) is 6.01. The Morgan fingerprint density at radius 2 is 1.79 bits per heavy atom. The first-order valence-electron chi connectivity index (χ1n) is 6.70. The summed E-state index contributed by atoms with van der Waals surface area (Å²) in [4.78, 5) is 2.15. The van der Waals surface area contributed by atoms with Crippen LogP contribution in [-0.2, 0) is 0 Å². The monoisotopic (exact) mass is 282 g/mol. The summed E-state index contributed by atoms with van der Waals surface area (Å²) < 4.78 is 13.1. The summed E-state index contributed by atoms with van der Waals surface area (Å²) in [6.07, 6.45) is 0. The Hall–Kier alpha value is -1.16. The van der Waals surface area contributed by atoms with Crippen molar-refractivity contribution >= 4 is 23.0 Å². The molecule has 4 heteroatoms. The van der Waals surface area contributed by atoms with Gasteiger partial charge in [-0.15, -0.1) is 0 Å². The Labute approximate surface area is 121 Å². The maximum Gasteiger partial charge on any atom is 0.173 e. The zero-order valence-corrected chi connectivity index (χ0v) is 12.9. The molecule has 1 aromatic rings. The molecule has 0 radical (unpaired) electrons. The van der Waals surface area contributed by atoms with Gasteiger partial charge in [0.1, 0.15) is 5.82 Å². The van der Waals surface area contributed by atoms with Crippen LogP contribution in [0.15, 0.2) is 24.3 Å². The lowest BCUT2D eigenvalue weighted by atomic mass is 10.1. The normalized spacial score (nSPS) is 10.9. The summed E-state index contributed by atoms with van der Waals surface area (Å²) in [6.45, 7) is 10.5. The van der Waals surface area contributed by atoms with E-state index in [1.807, 2.05) is 6.07 Å². The SMILES string of the molecule is CC(C)CN(CC(C)C)C(=S)Nc1cccc(F)c1. The minimum atomic E-state index is -0.257. The van der Waals surface area contributed by atoms with Gasteiger partial charge in [-0.05, 0) is 42.3 Å². The molecule has 0 fully saturated rings. The lowest BCUT2D eigenvalue weighted by Crippen LogP contribution is -2.39. The Bertz CT molecular complexity index is 408. The van der Waals surface area contributed by atoms with Crippen molar-refractivity contribution in [1.29, 1.82) is 0 Å². The van der Waals surface area contributed by atoms with Gasteiger partial charge in [-0.3, -0.25) is 0 Å². The van der Waals surface area contributed by atoms with Gasteiger partial charge in [0, 0.05) is 18.8 Å². The number of halogens is 1. The van der Waals surface area contributed by atoms with Crippen LogP contribution in [0.4, 0.5) is 10.1 Å². The predicted molar refractivity (Wildman–Crippen MR) is 83.9 cm³/mol. The molecule has 1 rings (SSSR count). The molecule has 0 amide bonds. The molecule has 0 unspecified atom stereocenters. The van der Waals surface area contributed by atoms with Crippen molar-refractivity contribution in [3.63, 3.8) is 0 Å². The fourth-order valence-electron chi connectivity index (χ4n) is 1.89. The number of nitrogens with one attached hydrogen (secondary N) is 1. The van der Waals surface area contributed by atoms with Gasteiger partial charge in [-0.2, -0.15) is 0 Å². The molecule has 1 aromatic carbocycles. The van der Waals surface area contributed by atoms with Gasteiger partial charge in [0.25, 0.3) is 0 Å². The van der Waals surface area contributed by atoms with E-state index in [0.717, 1.165) is 13.1 Å². The van der Waals surface area contributed by atoms with E-state index in [4.69, 9.17) is 12.2 Å². The average molecular weight is 282 g/mol. The van der Waals surface area contributed by atoms with Gasteiger partial charge in [0.2, 0.25) is 0 Å². The molecule has 0 heterocycles. The topological polar surface area (TPSA) is 15.3 Å². The highest BCUT2D eigenvalue weighted by Crippen LogP contribution is 2.12. The summed E-state index contributed by atoms with van der Waals surface area (Å²) in [5.41, 5.74) is 0.697. The van der Waals surface area contributed by atoms with Crippen molar-refractivity contribution in [2.24, 2.45) is 11.8 Å². The minimum absolute atomic E-state index is 0.257. The number of benzene rings is 1. The van der Waals surface area contributed by atoms with Crippen LogP contribution in [-0.4, -0.2) is 23.1 Å². The van der Waals surface area contributed by atoms with E-state index in [-0.39, 0.29) is 5.82 Å². The average Bonchev–Trinajstić information content (AvgIpc) is 2.26. The first-order chi connectivity index (χ1) is 8.88. The molecule has 0 saturated carbocycles. The predicted octanol–water partition coefficient (Wildman–Crippen LogP) is 4.14. The number of rotatable bonds is 5. The molecule has 0 aliphatic carbocycles. The quantitative estimate of drug-likeness (QED) is 0.817. The van der Waals surface area contributed by atoms with Crippen LogP contribution in [0.2, 0.25) is 0 Å². The zero-order chi connectivity index (χ0) is 14.4. The highest BCUT2D eigenvalue weighted by atomic mass is 32.1. The molecular weight excluding hydrogens is 259 g/mol. The molecule has 0 bridgehead atoms. The molecule has 0 saturated heterocycles. The maximum atomic E-state index is 13.1. The Balaban J connectivity index is 2.70. The van der Waals surface area contributed by atoms with Gasteiger partial charge in [0.15, 0.2) is 5.11 Å². The second-order valence-corrected chi connectivity index (χ2v) is 6.02. The van der Waals surface area contributed by atoms with Crippen molar-refractivity contribution in [1.82, 2.24) is 4.90 Å². The standard InChI is InChI=1S/C15H23FN2S/c1-11(2)9-18(10-12(3)4)15(19)17-14-7-5-6-13(16)8-14/h5-8,11-12H,9-10H2,1-4H3,(H,17,19). The fraction of sp³-hybridized carbons (Fsp3) is 0.533. The Kier molecular flexibility index (Phi) is 6.22. The Morgan fingerprint density at radius 1 is 1.21 bits per heavy atom. The van der Waals surface area contributed by atoms with Crippen LogP contribution in [0.25, 0.3) is 0 Å². The summed E-state index contributed by atoms with van der Waals surface area (Å²) in [5, 5.41) is 3.77. The van der Waals surface area contributed by atoms with Crippen molar-refractivity contribution < 1.29 is 4.39 Å². The van der Waals surface area contributed by atoms with Gasteiger partial charge in [-0.1, -0.05) is 33.8 Å². The molecule has 19 heavy (non-hydrogen) atoms. The fourth-order valence-corrected chi connectivity index (χ4v) is 2.16. The van der Waals surface area contributed by atoms with Crippen LogP contribution in [0.3, 0.4) is 0 Å². The van der Waals surface area contributed by atoms with Crippen LogP contribution >= 0.6 is 12.2 Å². The summed E-state index contributed by atoms with van der Waals surface area (Å²) >= 11 is 5.43. The molecule has 0 spiro atoms. The van der Waals surface area contributed by atoms with Gasteiger partial charge in [0.05, 0.1) is 0 Å². The molecule has 0 aliphatic heterocycles. The van der Waals surface area contributed by atoms with Gasteiger partial charge >= 0.3 is 0 Å². The van der Waals surface area contributed by atoms with Crippen molar-refractivity contribution in [3.05, 3.63) is 30.1 Å². The number of anilines is 1. The lowest BCUT2D eigenvalue weighted by molar-refractivity contribution is 0.332. The molecule has 106 valence electrons. The third-order valence-electron chi connectivity index (χ3n) is 2.53. The number of thiocarbonyl (C=S) groups is 1. The van der Waals surface area contributed by atoms with Gasteiger partial charge < -0.3 is 10.2 Å². The second kappa shape index (κ2) is 7.43. The zero-order valence-electron chi connectivity index (χ0n) is 12.1. The van der Waals surface area contributed by atoms with Crippen molar-refractivity contribution in [2.45, 2.75) is 27.7 Å². The van der Waals surface area contributed by atoms with Crippen molar-refractivity contribution in [2.75, 3.05) is 18.4 Å².